The van der Waals surface area contributed by atoms with Crippen molar-refractivity contribution in [1.82, 2.24) is 0 Å². The molecule has 2 aromatic carbocycles. The van der Waals surface area contributed by atoms with Crippen molar-refractivity contribution in [3.63, 3.8) is 0 Å². The molecule has 0 aliphatic carbocycles. The molecule has 126 valence electrons. The van der Waals surface area contributed by atoms with Gasteiger partial charge in [-0.05, 0) is 41.5 Å². The summed E-state index contributed by atoms with van der Waals surface area (Å²) in [7, 11) is 0. The standard InChI is InChI=1S/C19H18F3NO/c1-12-4-3-5-17(16(12)10-11-23)13(2)14-6-8-15(9-7-14)18(24)19(20,21)22/h3-11,13H,23H2,1-2H3/b11-10-. The Balaban J connectivity index is 2.37. The lowest BCUT2D eigenvalue weighted by Gasteiger charge is -2.17. The van der Waals surface area contributed by atoms with Gasteiger partial charge in [0.25, 0.3) is 5.78 Å². The van der Waals surface area contributed by atoms with Crippen LogP contribution >= 0.6 is 0 Å². The Kier molecular flexibility index (Phi) is 5.12. The van der Waals surface area contributed by atoms with Gasteiger partial charge in [-0.1, -0.05) is 49.4 Å². The normalized spacial score (nSPS) is 13.2. The van der Waals surface area contributed by atoms with Crippen molar-refractivity contribution >= 4 is 11.9 Å². The zero-order valence-corrected chi connectivity index (χ0v) is 13.4. The fourth-order valence-corrected chi connectivity index (χ4v) is 2.67. The molecule has 1 atom stereocenters. The Hall–Kier alpha value is -2.56. The maximum absolute atomic E-state index is 12.5. The summed E-state index contributed by atoms with van der Waals surface area (Å²) in [6.45, 7) is 3.93. The van der Waals surface area contributed by atoms with Crippen LogP contribution in [0.5, 0.6) is 0 Å². The maximum atomic E-state index is 12.5. The molecular formula is C19H18F3NO. The molecular weight excluding hydrogens is 315 g/mol. The van der Waals surface area contributed by atoms with Crippen LogP contribution in [0.3, 0.4) is 0 Å². The first-order valence-electron chi connectivity index (χ1n) is 7.45. The molecule has 0 saturated carbocycles. The summed E-state index contributed by atoms with van der Waals surface area (Å²) in [6.07, 6.45) is -1.59. The van der Waals surface area contributed by atoms with Gasteiger partial charge in [0.15, 0.2) is 0 Å². The zero-order valence-electron chi connectivity index (χ0n) is 13.4. The number of carbonyl (C=O) groups excluding carboxylic acids is 1. The van der Waals surface area contributed by atoms with Crippen LogP contribution in [0.15, 0.2) is 48.7 Å². The molecule has 0 bridgehead atoms. The average molecular weight is 333 g/mol. The second kappa shape index (κ2) is 6.91. The summed E-state index contributed by atoms with van der Waals surface area (Å²) in [6, 6.07) is 11.4. The van der Waals surface area contributed by atoms with E-state index in [1.807, 2.05) is 38.1 Å². The van der Waals surface area contributed by atoms with Gasteiger partial charge in [-0.25, -0.2) is 0 Å². The van der Waals surface area contributed by atoms with E-state index >= 15 is 0 Å². The summed E-state index contributed by atoms with van der Waals surface area (Å²) >= 11 is 0. The molecule has 0 spiro atoms. The minimum atomic E-state index is -4.86. The molecule has 0 heterocycles. The van der Waals surface area contributed by atoms with E-state index in [1.54, 1.807) is 12.1 Å². The average Bonchev–Trinajstić information content (AvgIpc) is 2.55. The SMILES string of the molecule is Cc1cccc(C(C)c2ccc(C(=O)C(F)(F)F)cc2)c1/C=C\N. The topological polar surface area (TPSA) is 43.1 Å². The van der Waals surface area contributed by atoms with E-state index in [4.69, 9.17) is 5.73 Å². The number of ketones is 1. The third kappa shape index (κ3) is 3.67. The molecule has 2 N–H and O–H groups in total. The predicted octanol–water partition coefficient (Wildman–Crippen LogP) is 4.82. The zero-order chi connectivity index (χ0) is 17.9. The number of rotatable bonds is 4. The van der Waals surface area contributed by atoms with Crippen LogP contribution in [0, 0.1) is 6.92 Å². The number of nitrogens with two attached hydrogens (primary N) is 1. The largest absolute Gasteiger partial charge is 0.454 e. The molecule has 0 fully saturated rings. The summed E-state index contributed by atoms with van der Waals surface area (Å²) in [5, 5.41) is 0. The highest BCUT2D eigenvalue weighted by Gasteiger charge is 2.39. The quantitative estimate of drug-likeness (QED) is 0.815. The predicted molar refractivity (Wildman–Crippen MR) is 88.7 cm³/mol. The van der Waals surface area contributed by atoms with Crippen molar-refractivity contribution in [1.29, 1.82) is 0 Å². The number of Topliss-reactive ketones (excluding diaryl/α,β-unsaturated/α-hetero) is 1. The third-order valence-electron chi connectivity index (χ3n) is 4.02. The molecule has 0 aliphatic rings. The van der Waals surface area contributed by atoms with E-state index in [2.05, 4.69) is 0 Å². The lowest BCUT2D eigenvalue weighted by molar-refractivity contribution is -0.0885. The second-order valence-electron chi connectivity index (χ2n) is 5.61. The van der Waals surface area contributed by atoms with E-state index in [-0.39, 0.29) is 11.5 Å². The molecule has 0 radical (unpaired) electrons. The van der Waals surface area contributed by atoms with Crippen LogP contribution in [0.1, 0.15) is 45.5 Å². The maximum Gasteiger partial charge on any atom is 0.454 e. The van der Waals surface area contributed by atoms with Gasteiger partial charge >= 0.3 is 6.18 Å². The first-order chi connectivity index (χ1) is 11.3. The highest BCUT2D eigenvalue weighted by Crippen LogP contribution is 2.30. The van der Waals surface area contributed by atoms with Gasteiger partial charge < -0.3 is 5.73 Å². The van der Waals surface area contributed by atoms with Crippen LogP contribution < -0.4 is 5.73 Å². The van der Waals surface area contributed by atoms with Crippen molar-refractivity contribution in [2.24, 2.45) is 5.73 Å². The van der Waals surface area contributed by atoms with Crippen molar-refractivity contribution in [2.75, 3.05) is 0 Å². The van der Waals surface area contributed by atoms with Crippen molar-refractivity contribution < 1.29 is 18.0 Å². The molecule has 0 amide bonds. The van der Waals surface area contributed by atoms with Crippen molar-refractivity contribution in [3.05, 3.63) is 76.5 Å². The van der Waals surface area contributed by atoms with Crippen LogP contribution in [0.2, 0.25) is 0 Å². The summed E-state index contributed by atoms with van der Waals surface area (Å²) < 4.78 is 37.4. The van der Waals surface area contributed by atoms with Crippen molar-refractivity contribution in [2.45, 2.75) is 25.9 Å². The lowest BCUT2D eigenvalue weighted by Crippen LogP contribution is -2.22. The minimum Gasteiger partial charge on any atom is -0.405 e. The Morgan fingerprint density at radius 2 is 1.75 bits per heavy atom. The number of halogens is 3. The molecule has 2 aromatic rings. The van der Waals surface area contributed by atoms with Gasteiger partial charge in [0.05, 0.1) is 0 Å². The Morgan fingerprint density at radius 1 is 1.12 bits per heavy atom. The van der Waals surface area contributed by atoms with Crippen LogP contribution in [-0.4, -0.2) is 12.0 Å². The van der Waals surface area contributed by atoms with Crippen LogP contribution in [-0.2, 0) is 0 Å². The molecule has 0 aliphatic heterocycles. The third-order valence-corrected chi connectivity index (χ3v) is 4.02. The first-order valence-corrected chi connectivity index (χ1v) is 7.45. The smallest absolute Gasteiger partial charge is 0.405 e. The number of aryl methyl sites for hydroxylation is 1. The van der Waals surface area contributed by atoms with Gasteiger partial charge in [-0.3, -0.25) is 4.79 Å². The fraction of sp³-hybridized carbons (Fsp3) is 0.211. The Labute approximate surface area is 138 Å². The van der Waals surface area contributed by atoms with Gasteiger partial charge in [-0.2, -0.15) is 13.2 Å². The molecule has 0 saturated heterocycles. The van der Waals surface area contributed by atoms with Gasteiger partial charge in [0.1, 0.15) is 0 Å². The highest BCUT2D eigenvalue weighted by molar-refractivity contribution is 6.00. The van der Waals surface area contributed by atoms with E-state index in [0.717, 1.165) is 22.3 Å². The fourth-order valence-electron chi connectivity index (χ4n) is 2.67. The summed E-state index contributed by atoms with van der Waals surface area (Å²) in [5.74, 6) is -1.88. The van der Waals surface area contributed by atoms with Crippen LogP contribution in [0.4, 0.5) is 13.2 Å². The Morgan fingerprint density at radius 3 is 2.29 bits per heavy atom. The van der Waals surface area contributed by atoms with E-state index in [0.29, 0.717) is 0 Å². The van der Waals surface area contributed by atoms with E-state index in [9.17, 15) is 18.0 Å². The highest BCUT2D eigenvalue weighted by atomic mass is 19.4. The molecule has 5 heteroatoms. The lowest BCUT2D eigenvalue weighted by atomic mass is 9.87. The molecule has 24 heavy (non-hydrogen) atoms. The number of alkyl halides is 3. The number of hydrogen-bond donors (Lipinski definition) is 1. The van der Waals surface area contributed by atoms with E-state index in [1.165, 1.54) is 18.3 Å². The summed E-state index contributed by atoms with van der Waals surface area (Å²) in [4.78, 5) is 11.3. The molecule has 2 rings (SSSR count). The van der Waals surface area contributed by atoms with Crippen LogP contribution in [0.25, 0.3) is 6.08 Å². The number of benzene rings is 2. The minimum absolute atomic E-state index is 0.0499. The molecule has 0 aromatic heterocycles. The second-order valence-corrected chi connectivity index (χ2v) is 5.61. The van der Waals surface area contributed by atoms with Gasteiger partial charge in [-0.15, -0.1) is 0 Å². The number of hydrogen-bond acceptors (Lipinski definition) is 2. The summed E-state index contributed by atoms with van der Waals surface area (Å²) in [5.41, 5.74) is 9.04. The first kappa shape index (κ1) is 17.8. The van der Waals surface area contributed by atoms with Gasteiger partial charge in [0, 0.05) is 11.5 Å². The van der Waals surface area contributed by atoms with Gasteiger partial charge in [0.2, 0.25) is 0 Å². The Bertz CT molecular complexity index is 761. The molecule has 1 unspecified atom stereocenters. The van der Waals surface area contributed by atoms with Crippen molar-refractivity contribution in [3.8, 4) is 0 Å². The molecule has 2 nitrogen and oxygen atoms in total. The monoisotopic (exact) mass is 333 g/mol. The number of carbonyl (C=O) groups is 1. The van der Waals surface area contributed by atoms with E-state index < -0.39 is 12.0 Å².